The van der Waals surface area contributed by atoms with Crippen LogP contribution in [0.15, 0.2) is 39.8 Å². The summed E-state index contributed by atoms with van der Waals surface area (Å²) >= 11 is 0. The van der Waals surface area contributed by atoms with Gasteiger partial charge in [0.2, 0.25) is 0 Å². The van der Waals surface area contributed by atoms with Gasteiger partial charge >= 0.3 is 0 Å². The summed E-state index contributed by atoms with van der Waals surface area (Å²) in [6, 6.07) is 1.56. The second kappa shape index (κ2) is 8.23. The van der Waals surface area contributed by atoms with E-state index >= 15 is 0 Å². The molecule has 0 aliphatic rings. The van der Waals surface area contributed by atoms with Crippen LogP contribution < -0.4 is 0 Å². The quantitative estimate of drug-likeness (QED) is 0.222. The van der Waals surface area contributed by atoms with Crippen molar-refractivity contribution in [3.63, 3.8) is 0 Å². The van der Waals surface area contributed by atoms with Crippen LogP contribution in [0.3, 0.4) is 0 Å². The minimum atomic E-state index is -0.105. The average molecular weight is 275 g/mol. The van der Waals surface area contributed by atoms with E-state index < -0.39 is 0 Å². The van der Waals surface area contributed by atoms with E-state index in [9.17, 15) is 4.79 Å². The number of carbonyl (C=O) groups excluding carboxylic acids is 1. The topological polar surface area (TPSA) is 79.0 Å². The zero-order valence-corrected chi connectivity index (χ0v) is 12.2. The van der Waals surface area contributed by atoms with Crippen LogP contribution in [0.4, 0.5) is 0 Å². The molecule has 1 rings (SSSR count). The lowest BCUT2D eigenvalue weighted by Crippen LogP contribution is -2.16. The lowest BCUT2D eigenvalue weighted by molar-refractivity contribution is 0.0972. The fourth-order valence-electron chi connectivity index (χ4n) is 1.93. The van der Waals surface area contributed by atoms with E-state index in [2.05, 4.69) is 16.1 Å². The normalized spacial score (nSPS) is 13.2. The summed E-state index contributed by atoms with van der Waals surface area (Å²) in [5.41, 5.74) is 10.4. The number of nitrogens with zero attached hydrogens (tertiary/aromatic N) is 3. The summed E-state index contributed by atoms with van der Waals surface area (Å²) in [7, 11) is 0. The predicted octanol–water partition coefficient (Wildman–Crippen LogP) is 4.91. The van der Waals surface area contributed by atoms with Crippen LogP contribution in [-0.2, 0) is 0 Å². The molecule has 0 bridgehead atoms. The van der Waals surface area contributed by atoms with Gasteiger partial charge in [0.05, 0.1) is 11.8 Å². The monoisotopic (exact) mass is 275 g/mol. The lowest BCUT2D eigenvalue weighted by Gasteiger charge is -2.17. The molecule has 108 valence electrons. The average Bonchev–Trinajstić information content (AvgIpc) is 2.94. The molecule has 0 saturated heterocycles. The summed E-state index contributed by atoms with van der Waals surface area (Å²) in [4.78, 5) is 14.8. The maximum atomic E-state index is 11.9. The lowest BCUT2D eigenvalue weighted by atomic mass is 9.92. The number of carbonyl (C=O) groups is 1. The molecular formula is C15H21N3O2. The Morgan fingerprint density at radius 2 is 2.30 bits per heavy atom. The van der Waals surface area contributed by atoms with Crippen molar-refractivity contribution >= 4 is 5.78 Å². The molecule has 0 N–H and O–H groups in total. The van der Waals surface area contributed by atoms with Gasteiger partial charge in [0, 0.05) is 17.4 Å². The van der Waals surface area contributed by atoms with E-state index in [1.165, 1.54) is 18.1 Å². The third kappa shape index (κ3) is 5.33. The zero-order chi connectivity index (χ0) is 15.0. The standard InChI is InChI=1S/C15H21N3O2/c1-11(2)4-6-14(17-18-16)12(3)5-7-15(19)13-8-9-20-10-13/h4,8-10,12,14H,5-7H2,1-3H3/t12-,14+/m1/s1. The van der Waals surface area contributed by atoms with Crippen molar-refractivity contribution in [3.8, 4) is 0 Å². The van der Waals surface area contributed by atoms with Gasteiger partial charge < -0.3 is 4.42 Å². The van der Waals surface area contributed by atoms with Crippen molar-refractivity contribution in [1.29, 1.82) is 0 Å². The fraction of sp³-hybridized carbons (Fsp3) is 0.533. The first-order valence-corrected chi connectivity index (χ1v) is 6.77. The Bertz CT molecular complexity index is 495. The molecule has 0 unspecified atom stereocenters. The van der Waals surface area contributed by atoms with Gasteiger partial charge in [0.25, 0.3) is 0 Å². The highest BCUT2D eigenvalue weighted by Gasteiger charge is 2.17. The maximum Gasteiger partial charge on any atom is 0.166 e. The van der Waals surface area contributed by atoms with E-state index in [1.807, 2.05) is 20.8 Å². The van der Waals surface area contributed by atoms with Crippen molar-refractivity contribution in [2.45, 2.75) is 46.1 Å². The number of furan rings is 1. The maximum absolute atomic E-state index is 11.9. The molecular weight excluding hydrogens is 254 g/mol. The third-order valence-corrected chi connectivity index (χ3v) is 3.29. The molecule has 20 heavy (non-hydrogen) atoms. The van der Waals surface area contributed by atoms with Crippen molar-refractivity contribution in [1.82, 2.24) is 0 Å². The Morgan fingerprint density at radius 3 is 2.85 bits per heavy atom. The Kier molecular flexibility index (Phi) is 6.60. The van der Waals surface area contributed by atoms with E-state index in [0.29, 0.717) is 24.8 Å². The van der Waals surface area contributed by atoms with Crippen LogP contribution in [0.5, 0.6) is 0 Å². The Balaban J connectivity index is 2.53. The number of hydrogen-bond donors (Lipinski definition) is 0. The molecule has 5 heteroatoms. The minimum Gasteiger partial charge on any atom is -0.472 e. The van der Waals surface area contributed by atoms with E-state index in [4.69, 9.17) is 9.95 Å². The van der Waals surface area contributed by atoms with Gasteiger partial charge in [-0.1, -0.05) is 23.7 Å². The van der Waals surface area contributed by atoms with Crippen molar-refractivity contribution in [2.24, 2.45) is 11.0 Å². The van der Waals surface area contributed by atoms with Gasteiger partial charge in [-0.3, -0.25) is 4.79 Å². The number of azide groups is 1. The number of Topliss-reactive ketones (excluding diaryl/α,β-unsaturated/α-hetero) is 1. The number of ketones is 1. The number of rotatable bonds is 8. The molecule has 2 atom stereocenters. The molecule has 0 aliphatic heterocycles. The molecule has 0 aromatic carbocycles. The molecule has 5 nitrogen and oxygen atoms in total. The Morgan fingerprint density at radius 1 is 1.55 bits per heavy atom. The van der Waals surface area contributed by atoms with Gasteiger partial charge in [-0.2, -0.15) is 0 Å². The predicted molar refractivity (Wildman–Crippen MR) is 78.4 cm³/mol. The van der Waals surface area contributed by atoms with Crippen molar-refractivity contribution in [3.05, 3.63) is 46.2 Å². The van der Waals surface area contributed by atoms with Gasteiger partial charge in [-0.05, 0) is 44.2 Å². The molecule has 1 aromatic heterocycles. The summed E-state index contributed by atoms with van der Waals surface area (Å²) in [6.07, 6.45) is 6.87. The van der Waals surface area contributed by atoms with Crippen LogP contribution >= 0.6 is 0 Å². The van der Waals surface area contributed by atoms with Crippen molar-refractivity contribution in [2.75, 3.05) is 0 Å². The second-order valence-electron chi connectivity index (χ2n) is 5.24. The SMILES string of the molecule is CC(C)=CC[C@H](N=[N+]=[N-])[C@H](C)CCC(=O)c1ccoc1. The molecule has 0 amide bonds. The molecule has 1 heterocycles. The van der Waals surface area contributed by atoms with Crippen LogP contribution in [0.1, 0.15) is 50.4 Å². The highest BCUT2D eigenvalue weighted by Crippen LogP contribution is 2.20. The minimum absolute atomic E-state index is 0.0625. The molecule has 0 aliphatic carbocycles. The molecule has 0 spiro atoms. The number of allylic oxidation sites excluding steroid dienone is 1. The Hall–Kier alpha value is -2.00. The first-order valence-electron chi connectivity index (χ1n) is 6.77. The molecule has 0 fully saturated rings. The zero-order valence-electron chi connectivity index (χ0n) is 12.2. The van der Waals surface area contributed by atoms with E-state index in [-0.39, 0.29) is 17.7 Å². The highest BCUT2D eigenvalue weighted by molar-refractivity contribution is 5.95. The molecule has 1 aromatic rings. The van der Waals surface area contributed by atoms with Crippen molar-refractivity contribution < 1.29 is 9.21 Å². The molecule has 0 radical (unpaired) electrons. The van der Waals surface area contributed by atoms with Gasteiger partial charge in [0.1, 0.15) is 6.26 Å². The highest BCUT2D eigenvalue weighted by atomic mass is 16.3. The van der Waals surface area contributed by atoms with Crippen LogP contribution in [0.25, 0.3) is 10.4 Å². The van der Waals surface area contributed by atoms with E-state index in [0.717, 1.165) is 0 Å². The van der Waals surface area contributed by atoms with Gasteiger partial charge in [-0.25, -0.2) is 0 Å². The first-order chi connectivity index (χ1) is 9.54. The van der Waals surface area contributed by atoms with Crippen LogP contribution in [-0.4, -0.2) is 11.8 Å². The summed E-state index contributed by atoms with van der Waals surface area (Å²) < 4.78 is 4.90. The number of hydrogen-bond acceptors (Lipinski definition) is 3. The summed E-state index contributed by atoms with van der Waals surface area (Å²) in [5.74, 6) is 0.227. The fourth-order valence-corrected chi connectivity index (χ4v) is 1.93. The smallest absolute Gasteiger partial charge is 0.166 e. The largest absolute Gasteiger partial charge is 0.472 e. The first kappa shape index (κ1) is 16.1. The Labute approximate surface area is 119 Å². The molecule has 0 saturated carbocycles. The van der Waals surface area contributed by atoms with Crippen LogP contribution in [0.2, 0.25) is 0 Å². The summed E-state index contributed by atoms with van der Waals surface area (Å²) in [5, 5.41) is 3.84. The van der Waals surface area contributed by atoms with Gasteiger partial charge in [0.15, 0.2) is 5.78 Å². The van der Waals surface area contributed by atoms with E-state index in [1.54, 1.807) is 6.07 Å². The third-order valence-electron chi connectivity index (χ3n) is 3.29. The second-order valence-corrected chi connectivity index (χ2v) is 5.24. The van der Waals surface area contributed by atoms with Crippen LogP contribution in [0, 0.1) is 5.92 Å². The summed E-state index contributed by atoms with van der Waals surface area (Å²) in [6.45, 7) is 6.04. The van der Waals surface area contributed by atoms with Gasteiger partial charge in [-0.15, -0.1) is 0 Å².